The third kappa shape index (κ3) is 50.9. The van der Waals surface area contributed by atoms with Gasteiger partial charge in [-0.1, -0.05) is 103 Å². The van der Waals surface area contributed by atoms with Crippen LogP contribution in [0.1, 0.15) is 280 Å². The van der Waals surface area contributed by atoms with E-state index < -0.39 is 215 Å². The van der Waals surface area contributed by atoms with Crippen LogP contribution in [0, 0.1) is 41.4 Å². The van der Waals surface area contributed by atoms with Crippen molar-refractivity contribution in [1.82, 2.24) is 90.4 Å². The molecule has 0 rings (SSSR count). The normalized spacial score (nSPS) is 15.6. The number of unbranched alkanes of at least 4 members (excludes halogenated alkanes) is 5. The summed E-state index contributed by atoms with van der Waals surface area (Å²) < 4.78 is 0. The zero-order valence-corrected chi connectivity index (χ0v) is 82.4. The van der Waals surface area contributed by atoms with Crippen LogP contribution in [-0.4, -0.2) is 248 Å². The number of nitrogens with two attached hydrogens (primary N) is 7. The molecule has 42 nitrogen and oxygen atoms in total. The fourth-order valence-electron chi connectivity index (χ4n) is 14.0. The maximum atomic E-state index is 14.5. The highest BCUT2D eigenvalue weighted by molar-refractivity contribution is 6.01. The molecule has 0 aliphatic carbocycles. The van der Waals surface area contributed by atoms with E-state index >= 15 is 0 Å². The van der Waals surface area contributed by atoms with E-state index in [-0.39, 0.29) is 138 Å². The summed E-state index contributed by atoms with van der Waals surface area (Å²) in [6.45, 7) is 35.1. The molecule has 0 heterocycles. The molecule has 0 aliphatic heterocycles. The first-order chi connectivity index (χ1) is 61.8. The maximum Gasteiger partial charge on any atom is 0.243 e. The molecule has 0 spiro atoms. The van der Waals surface area contributed by atoms with Gasteiger partial charge in [-0.2, -0.15) is 0 Å². The van der Waals surface area contributed by atoms with Crippen molar-refractivity contribution in [1.29, 1.82) is 0 Å². The topological polar surface area (TPSA) is 694 Å². The summed E-state index contributed by atoms with van der Waals surface area (Å²) in [4.78, 5) is 250. The number of hydrogen-bond donors (Lipinski definition) is 24. The summed E-state index contributed by atoms with van der Waals surface area (Å²) in [6, 6.07) is -22.0. The molecular weight excluding hydrogens is 1710 g/mol. The fraction of sp³-hybridized carbons (Fsp3) is 0.800. The van der Waals surface area contributed by atoms with Gasteiger partial charge in [0.15, 0.2) is 0 Å². The van der Waals surface area contributed by atoms with Gasteiger partial charge in [0, 0.05) is 0 Å². The quantitative estimate of drug-likeness (QED) is 0.0297. The number of primary amides is 1. The molecular formula is C90H170N24O18. The molecule has 0 fully saturated rings. The summed E-state index contributed by atoms with van der Waals surface area (Å²) in [7, 11) is 0. The SMILES string of the molecule is CC(C)C[C@H](NC(=O)[C@H](C)NC(=O)[C@H](CCCCN)NC(=O)[C@H](CC(C)C)NC(=O)[C@H](C)NC(=O)[C@H](CC(C)C)NC(=O)[C@H](CCCCN)NC(=O)[C@H](CC(C)C)NC(=O)[C@H](C)NC(=O)[C@H](CC(C)C)NC(=O)[C@@H](N)CCCCN)C(=O)N[C@@H](CCCCN)C(=O)N[C@@H](C)C(=O)N[C@@H](C)C(=O)N[C@@H](CC(C)C)C(=O)N[C@@H](CCCCN)C(=O)N[C@@H](CC(C)C)C(=O)N[C@@H](C)C(N)=O. The van der Waals surface area contributed by atoms with Crippen molar-refractivity contribution in [2.45, 2.75) is 388 Å². The lowest BCUT2D eigenvalue weighted by Crippen LogP contribution is -2.60. The lowest BCUT2D eigenvalue weighted by molar-refractivity contribution is -0.136. The van der Waals surface area contributed by atoms with E-state index in [1.807, 2.05) is 41.5 Å². The summed E-state index contributed by atoms with van der Waals surface area (Å²) in [6.07, 6.45) is 5.75. The Hall–Kier alpha value is -9.78. The Morgan fingerprint density at radius 2 is 0.311 bits per heavy atom. The van der Waals surface area contributed by atoms with Crippen molar-refractivity contribution < 1.29 is 86.3 Å². The Morgan fingerprint density at radius 3 is 0.500 bits per heavy atom. The van der Waals surface area contributed by atoms with Gasteiger partial charge >= 0.3 is 0 Å². The number of rotatable bonds is 69. The predicted octanol–water partition coefficient (Wildman–Crippen LogP) is -1.87. The Bertz CT molecular complexity index is 3630. The minimum Gasteiger partial charge on any atom is -0.368 e. The molecule has 0 aromatic heterocycles. The number of carbonyl (C=O) groups excluding carboxylic acids is 18. The zero-order chi connectivity index (χ0) is 101. The third-order valence-corrected chi connectivity index (χ3v) is 21.6. The standard InChI is InChI=1S/C90H170N24O18/c1-48(2)41-66(112-79(121)61(96)31-21-26-36-91)85(127)102-59(19)77(119)111-72(47-54(13)14)90(132)107-65(35-25-30-40-95)83(125)114-68(43-50(5)6)86(128)103-60(20)78(120)110-70(45-52(9)10)88(130)105-63(33-23-28-38-93)81(123)101-58(18)76(118)109-69(44-51(7)8)87(129)104-62(32-22-27-37-92)80(122)100-56(16)74(116)99-57(17)75(117)108-71(46-53(11)12)89(131)106-64(34-24-29-39-94)82(124)113-67(42-49(3)4)84(126)98-55(15)73(97)115/h48-72H,21-47,91-96H2,1-20H3,(H2,97,115)(H,98,126)(H,99,116)(H,100,122)(H,101,123)(H,102,127)(H,103,128)(H,104,129)(H,105,130)(H,106,131)(H,107,132)(H,108,117)(H,109,118)(H,110,120)(H,111,119)(H,112,121)(H,113,124)(H,114,125)/t55-,56-,57-,58-,59-,60-,61-,62-,63-,64-,65-,66-,67-,68-,69-,70-,71-,72-/m0/s1. The monoisotopic (exact) mass is 1880 g/mol. The van der Waals surface area contributed by atoms with Crippen molar-refractivity contribution in [2.24, 2.45) is 81.6 Å². The summed E-state index contributed by atoms with van der Waals surface area (Å²) in [5.41, 5.74) is 40.4. The van der Waals surface area contributed by atoms with Gasteiger partial charge in [-0.15, -0.1) is 0 Å². The van der Waals surface area contributed by atoms with Crippen LogP contribution in [0.5, 0.6) is 0 Å². The minimum atomic E-state index is -1.36. The first kappa shape index (κ1) is 122. The number of hydrogen-bond acceptors (Lipinski definition) is 24. The van der Waals surface area contributed by atoms with Gasteiger partial charge in [-0.25, -0.2) is 0 Å². The van der Waals surface area contributed by atoms with Crippen LogP contribution < -0.4 is 131 Å². The molecule has 0 saturated heterocycles. The van der Waals surface area contributed by atoms with E-state index in [0.717, 1.165) is 0 Å². The van der Waals surface area contributed by atoms with E-state index in [1.54, 1.807) is 55.4 Å². The van der Waals surface area contributed by atoms with E-state index in [0.29, 0.717) is 77.2 Å². The van der Waals surface area contributed by atoms with Crippen LogP contribution >= 0.6 is 0 Å². The van der Waals surface area contributed by atoms with Crippen molar-refractivity contribution in [2.75, 3.05) is 32.7 Å². The van der Waals surface area contributed by atoms with Crippen molar-refractivity contribution in [3.63, 3.8) is 0 Å². The molecule has 42 heteroatoms. The van der Waals surface area contributed by atoms with Crippen LogP contribution in [-0.2, 0) is 86.3 Å². The molecule has 0 aliphatic rings. The fourth-order valence-corrected chi connectivity index (χ4v) is 14.0. The first-order valence-electron chi connectivity index (χ1n) is 47.5. The minimum absolute atomic E-state index is 0.0143. The highest BCUT2D eigenvalue weighted by Crippen LogP contribution is 2.18. The van der Waals surface area contributed by atoms with E-state index in [9.17, 15) is 86.3 Å². The van der Waals surface area contributed by atoms with E-state index in [4.69, 9.17) is 40.1 Å². The zero-order valence-electron chi connectivity index (χ0n) is 82.4. The van der Waals surface area contributed by atoms with Crippen molar-refractivity contribution in [3.05, 3.63) is 0 Å². The molecule has 0 saturated carbocycles. The van der Waals surface area contributed by atoms with Crippen LogP contribution in [0.25, 0.3) is 0 Å². The lowest BCUT2D eigenvalue weighted by Gasteiger charge is -2.28. The smallest absolute Gasteiger partial charge is 0.243 e. The predicted molar refractivity (Wildman–Crippen MR) is 505 cm³/mol. The molecule has 132 heavy (non-hydrogen) atoms. The van der Waals surface area contributed by atoms with Gasteiger partial charge in [0.25, 0.3) is 0 Å². The van der Waals surface area contributed by atoms with Crippen LogP contribution in [0.4, 0.5) is 0 Å². The van der Waals surface area contributed by atoms with Gasteiger partial charge < -0.3 is 131 Å². The molecule has 31 N–H and O–H groups in total. The summed E-state index contributed by atoms with van der Waals surface area (Å²) in [5.74, 6) is -14.8. The molecule has 0 bridgehead atoms. The van der Waals surface area contributed by atoms with Crippen molar-refractivity contribution in [3.8, 4) is 0 Å². The summed E-state index contributed by atoms with van der Waals surface area (Å²) in [5, 5.41) is 45.4. The lowest BCUT2D eigenvalue weighted by atomic mass is 10.00. The maximum absolute atomic E-state index is 14.5. The molecule has 0 radical (unpaired) electrons. The third-order valence-electron chi connectivity index (χ3n) is 21.6. The van der Waals surface area contributed by atoms with E-state index in [1.165, 1.54) is 41.5 Å². The molecule has 0 aromatic carbocycles. The van der Waals surface area contributed by atoms with Gasteiger partial charge in [-0.05, 0) is 251 Å². The Labute approximate surface area is 782 Å². The second kappa shape index (κ2) is 65.8. The molecule has 0 unspecified atom stereocenters. The summed E-state index contributed by atoms with van der Waals surface area (Å²) >= 11 is 0. The largest absolute Gasteiger partial charge is 0.368 e. The van der Waals surface area contributed by atoms with Crippen LogP contribution in [0.2, 0.25) is 0 Å². The van der Waals surface area contributed by atoms with Crippen LogP contribution in [0.15, 0.2) is 0 Å². The van der Waals surface area contributed by atoms with Gasteiger partial charge in [-0.3, -0.25) is 86.3 Å². The van der Waals surface area contributed by atoms with Gasteiger partial charge in [0.1, 0.15) is 103 Å². The van der Waals surface area contributed by atoms with Gasteiger partial charge in [0.2, 0.25) is 106 Å². The van der Waals surface area contributed by atoms with Gasteiger partial charge in [0.05, 0.1) is 6.04 Å². The molecule has 18 amide bonds. The van der Waals surface area contributed by atoms with E-state index in [2.05, 4.69) is 90.4 Å². The second-order valence-electron chi connectivity index (χ2n) is 37.9. The first-order valence-corrected chi connectivity index (χ1v) is 47.5. The molecule has 758 valence electrons. The average molecular weight is 1880 g/mol. The Morgan fingerprint density at radius 1 is 0.174 bits per heavy atom. The molecule has 18 atom stereocenters. The second-order valence-corrected chi connectivity index (χ2v) is 37.9. The Kier molecular flexibility index (Phi) is 60.9. The highest BCUT2D eigenvalue weighted by atomic mass is 16.2. The van der Waals surface area contributed by atoms with Crippen molar-refractivity contribution >= 4 is 106 Å². The number of nitrogens with one attached hydrogen (secondary N) is 17. The average Bonchev–Trinajstić information content (AvgIpc) is 0.847. The number of carbonyl (C=O) groups is 18. The Balaban J connectivity index is 6.72. The highest BCUT2D eigenvalue weighted by Gasteiger charge is 2.39. The van der Waals surface area contributed by atoms with Crippen LogP contribution in [0.3, 0.4) is 0 Å². The number of amides is 18. The molecule has 0 aromatic rings.